The van der Waals surface area contributed by atoms with E-state index < -0.39 is 0 Å². The van der Waals surface area contributed by atoms with Gasteiger partial charge in [-0.2, -0.15) is 5.10 Å². The second-order valence-electron chi connectivity index (χ2n) is 2.37. The van der Waals surface area contributed by atoms with Gasteiger partial charge in [0.15, 0.2) is 0 Å². The Morgan fingerprint density at radius 1 is 1.67 bits per heavy atom. The minimum atomic E-state index is -0.153. The van der Waals surface area contributed by atoms with E-state index in [2.05, 4.69) is 10.5 Å². The molecule has 12 heavy (non-hydrogen) atoms. The van der Waals surface area contributed by atoms with Crippen LogP contribution in [0.25, 0.3) is 0 Å². The lowest BCUT2D eigenvalue weighted by Crippen LogP contribution is -2.11. The maximum Gasteiger partial charge on any atom is 0.236 e. The van der Waals surface area contributed by atoms with E-state index in [0.29, 0.717) is 0 Å². The lowest BCUT2D eigenvalue weighted by Gasteiger charge is -1.88. The fourth-order valence-corrected chi connectivity index (χ4v) is 1.46. The second-order valence-corrected chi connectivity index (χ2v) is 3.69. The third kappa shape index (κ3) is 2.84. The molecule has 0 spiro atoms. The van der Waals surface area contributed by atoms with Gasteiger partial charge in [0.2, 0.25) is 5.91 Å². The first-order valence-corrected chi connectivity index (χ1v) is 4.36. The molecular weight excluding hydrogens is 172 g/mol. The zero-order chi connectivity index (χ0) is 8.97. The summed E-state index contributed by atoms with van der Waals surface area (Å²) in [5, 5.41) is 3.74. The Kier molecular flexibility index (Phi) is 2.99. The molecular formula is C8H10N2OS. The molecule has 0 atom stereocenters. The van der Waals surface area contributed by atoms with E-state index in [4.69, 9.17) is 0 Å². The first-order chi connectivity index (χ1) is 5.68. The van der Waals surface area contributed by atoms with Crippen molar-refractivity contribution in [3.8, 4) is 0 Å². The van der Waals surface area contributed by atoms with Crippen molar-refractivity contribution in [2.75, 3.05) is 0 Å². The van der Waals surface area contributed by atoms with Crippen molar-refractivity contribution in [1.82, 2.24) is 5.43 Å². The molecule has 0 aliphatic heterocycles. The topological polar surface area (TPSA) is 41.5 Å². The standard InChI is InChI=1S/C8H10N2OS/c1-6-3-4-8(12-6)5-9-10-7(2)11/h3-5H,1-2H3,(H,10,11). The number of carbonyl (C=O) groups is 1. The molecule has 0 unspecified atom stereocenters. The highest BCUT2D eigenvalue weighted by Gasteiger charge is 1.91. The molecule has 1 heterocycles. The molecule has 1 rings (SSSR count). The van der Waals surface area contributed by atoms with Gasteiger partial charge in [0, 0.05) is 16.7 Å². The van der Waals surface area contributed by atoms with Crippen LogP contribution in [0.15, 0.2) is 17.2 Å². The molecule has 0 saturated heterocycles. The number of hydrogen-bond donors (Lipinski definition) is 1. The van der Waals surface area contributed by atoms with Gasteiger partial charge in [0.1, 0.15) is 0 Å². The average molecular weight is 182 g/mol. The van der Waals surface area contributed by atoms with Crippen molar-refractivity contribution in [3.05, 3.63) is 21.9 Å². The van der Waals surface area contributed by atoms with E-state index in [0.717, 1.165) is 4.88 Å². The van der Waals surface area contributed by atoms with Gasteiger partial charge >= 0.3 is 0 Å². The van der Waals surface area contributed by atoms with Crippen LogP contribution in [-0.2, 0) is 4.79 Å². The van der Waals surface area contributed by atoms with Crippen LogP contribution in [0, 0.1) is 6.92 Å². The van der Waals surface area contributed by atoms with Gasteiger partial charge < -0.3 is 0 Å². The zero-order valence-electron chi connectivity index (χ0n) is 7.00. The molecule has 3 nitrogen and oxygen atoms in total. The van der Waals surface area contributed by atoms with Crippen LogP contribution in [0.3, 0.4) is 0 Å². The fraction of sp³-hybridized carbons (Fsp3) is 0.250. The highest BCUT2D eigenvalue weighted by Crippen LogP contribution is 2.11. The van der Waals surface area contributed by atoms with Crippen LogP contribution in [0.4, 0.5) is 0 Å². The van der Waals surface area contributed by atoms with E-state index in [1.165, 1.54) is 11.8 Å². The summed E-state index contributed by atoms with van der Waals surface area (Å²) in [5.74, 6) is -0.153. The summed E-state index contributed by atoms with van der Waals surface area (Å²) in [7, 11) is 0. The lowest BCUT2D eigenvalue weighted by molar-refractivity contribution is -0.118. The van der Waals surface area contributed by atoms with Gasteiger partial charge in [-0.3, -0.25) is 4.79 Å². The number of hydrogen-bond acceptors (Lipinski definition) is 3. The summed E-state index contributed by atoms with van der Waals surface area (Å²) in [6.45, 7) is 3.46. The fourth-order valence-electron chi connectivity index (χ4n) is 0.710. The highest BCUT2D eigenvalue weighted by molar-refractivity contribution is 7.13. The smallest absolute Gasteiger partial charge is 0.236 e. The number of amides is 1. The molecule has 0 fully saturated rings. The van der Waals surface area contributed by atoms with Gasteiger partial charge in [-0.15, -0.1) is 11.3 Å². The molecule has 0 aliphatic rings. The number of hydrazone groups is 1. The predicted octanol–water partition coefficient (Wildman–Crippen LogP) is 1.53. The summed E-state index contributed by atoms with van der Waals surface area (Å²) in [6, 6.07) is 3.98. The Bertz CT molecular complexity index is 304. The molecule has 1 aromatic rings. The molecule has 1 N–H and O–H groups in total. The SMILES string of the molecule is CC(=O)NN=Cc1ccc(C)s1. The Morgan fingerprint density at radius 2 is 2.42 bits per heavy atom. The average Bonchev–Trinajstić information content (AvgIpc) is 2.35. The summed E-state index contributed by atoms with van der Waals surface area (Å²) < 4.78 is 0. The van der Waals surface area contributed by atoms with Crippen molar-refractivity contribution < 1.29 is 4.79 Å². The van der Waals surface area contributed by atoms with Gasteiger partial charge in [0.25, 0.3) is 0 Å². The largest absolute Gasteiger partial charge is 0.274 e. The summed E-state index contributed by atoms with van der Waals surface area (Å²) >= 11 is 1.64. The van der Waals surface area contributed by atoms with Crippen molar-refractivity contribution in [2.24, 2.45) is 5.10 Å². The Labute approximate surface area is 75.1 Å². The third-order valence-corrected chi connectivity index (χ3v) is 2.11. The van der Waals surface area contributed by atoms with E-state index in [9.17, 15) is 4.79 Å². The van der Waals surface area contributed by atoms with E-state index in [1.807, 2.05) is 19.1 Å². The number of carbonyl (C=O) groups excluding carboxylic acids is 1. The van der Waals surface area contributed by atoms with E-state index in [-0.39, 0.29) is 5.91 Å². The molecule has 0 saturated carbocycles. The molecule has 1 aromatic heterocycles. The van der Waals surface area contributed by atoms with Crippen LogP contribution in [0.2, 0.25) is 0 Å². The molecule has 0 aromatic carbocycles. The number of rotatable bonds is 2. The normalized spacial score (nSPS) is 10.5. The first kappa shape index (κ1) is 8.93. The first-order valence-electron chi connectivity index (χ1n) is 3.54. The van der Waals surface area contributed by atoms with Crippen LogP contribution in [0.5, 0.6) is 0 Å². The van der Waals surface area contributed by atoms with Gasteiger partial charge in [-0.25, -0.2) is 5.43 Å². The Morgan fingerprint density at radius 3 is 2.92 bits per heavy atom. The number of nitrogens with zero attached hydrogens (tertiary/aromatic N) is 1. The summed E-state index contributed by atoms with van der Waals surface area (Å²) in [5.41, 5.74) is 2.34. The molecule has 1 amide bonds. The van der Waals surface area contributed by atoms with Gasteiger partial charge in [-0.05, 0) is 19.1 Å². The summed E-state index contributed by atoms with van der Waals surface area (Å²) in [6.07, 6.45) is 1.64. The van der Waals surface area contributed by atoms with Crippen LogP contribution < -0.4 is 5.43 Å². The van der Waals surface area contributed by atoms with Crippen molar-refractivity contribution in [3.63, 3.8) is 0 Å². The number of aryl methyl sites for hydroxylation is 1. The monoisotopic (exact) mass is 182 g/mol. The highest BCUT2D eigenvalue weighted by atomic mass is 32.1. The number of thiophene rings is 1. The van der Waals surface area contributed by atoms with Crippen LogP contribution >= 0.6 is 11.3 Å². The van der Waals surface area contributed by atoms with Crippen LogP contribution in [0.1, 0.15) is 16.7 Å². The minimum absolute atomic E-state index is 0.153. The van der Waals surface area contributed by atoms with Gasteiger partial charge in [0.05, 0.1) is 6.21 Å². The Hall–Kier alpha value is -1.16. The van der Waals surface area contributed by atoms with Crippen molar-refractivity contribution in [2.45, 2.75) is 13.8 Å². The maximum atomic E-state index is 10.4. The lowest BCUT2D eigenvalue weighted by atomic mass is 10.4. The minimum Gasteiger partial charge on any atom is -0.274 e. The Balaban J connectivity index is 2.52. The quantitative estimate of drug-likeness (QED) is 0.547. The third-order valence-electron chi connectivity index (χ3n) is 1.17. The predicted molar refractivity (Wildman–Crippen MR) is 50.5 cm³/mol. The van der Waals surface area contributed by atoms with Crippen molar-refractivity contribution in [1.29, 1.82) is 0 Å². The van der Waals surface area contributed by atoms with Crippen molar-refractivity contribution >= 4 is 23.5 Å². The van der Waals surface area contributed by atoms with Crippen LogP contribution in [-0.4, -0.2) is 12.1 Å². The molecule has 0 bridgehead atoms. The zero-order valence-corrected chi connectivity index (χ0v) is 7.81. The van der Waals surface area contributed by atoms with Gasteiger partial charge in [-0.1, -0.05) is 0 Å². The molecule has 0 radical (unpaired) electrons. The van der Waals surface area contributed by atoms with E-state index in [1.54, 1.807) is 17.6 Å². The number of nitrogens with one attached hydrogen (secondary N) is 1. The molecule has 4 heteroatoms. The molecule has 0 aliphatic carbocycles. The second kappa shape index (κ2) is 4.01. The molecule has 64 valence electrons. The summed E-state index contributed by atoms with van der Waals surface area (Å²) in [4.78, 5) is 12.7. The maximum absolute atomic E-state index is 10.4. The van der Waals surface area contributed by atoms with E-state index >= 15 is 0 Å².